The number of nitrogens with two attached hydrogens (primary N) is 1. The summed E-state index contributed by atoms with van der Waals surface area (Å²) in [7, 11) is 0. The minimum absolute atomic E-state index is 0.102. The van der Waals surface area contributed by atoms with E-state index in [1.165, 1.54) is 38.5 Å². The lowest BCUT2D eigenvalue weighted by molar-refractivity contribution is -0.129. The predicted octanol–water partition coefficient (Wildman–Crippen LogP) is 3.08. The summed E-state index contributed by atoms with van der Waals surface area (Å²) < 4.78 is 0. The maximum Gasteiger partial charge on any atom is 0.220 e. The van der Waals surface area contributed by atoms with Crippen LogP contribution < -0.4 is 11.1 Å². The monoisotopic (exact) mass is 292 g/mol. The summed E-state index contributed by atoms with van der Waals surface area (Å²) in [4.78, 5) is 12.4. The fourth-order valence-electron chi connectivity index (χ4n) is 5.84. The van der Waals surface area contributed by atoms with Crippen LogP contribution in [-0.4, -0.2) is 18.5 Å². The van der Waals surface area contributed by atoms with Crippen molar-refractivity contribution in [2.24, 2.45) is 34.8 Å². The number of amides is 1. The predicted molar refractivity (Wildman–Crippen MR) is 85.7 cm³/mol. The molecule has 4 fully saturated rings. The molecule has 4 saturated carbocycles. The van der Waals surface area contributed by atoms with Crippen molar-refractivity contribution in [3.63, 3.8) is 0 Å². The Balaban J connectivity index is 1.49. The van der Waals surface area contributed by atoms with Gasteiger partial charge in [-0.3, -0.25) is 4.79 Å². The van der Waals surface area contributed by atoms with E-state index in [4.69, 9.17) is 5.73 Å². The Morgan fingerprint density at radius 3 is 2.14 bits per heavy atom. The van der Waals surface area contributed by atoms with Crippen LogP contribution in [0, 0.1) is 29.1 Å². The Hall–Kier alpha value is -0.570. The number of nitrogens with one attached hydrogen (secondary N) is 1. The highest BCUT2D eigenvalue weighted by Crippen LogP contribution is 2.61. The molecule has 4 rings (SSSR count). The lowest BCUT2D eigenvalue weighted by Gasteiger charge is -2.56. The van der Waals surface area contributed by atoms with Crippen molar-refractivity contribution in [1.82, 2.24) is 5.32 Å². The van der Waals surface area contributed by atoms with Gasteiger partial charge in [-0.05, 0) is 74.0 Å². The molecule has 0 aromatic carbocycles. The minimum atomic E-state index is 0.102. The first-order valence-electron chi connectivity index (χ1n) is 8.96. The molecular weight excluding hydrogens is 260 g/mol. The van der Waals surface area contributed by atoms with Gasteiger partial charge in [-0.1, -0.05) is 13.8 Å². The van der Waals surface area contributed by atoms with Crippen molar-refractivity contribution in [2.45, 2.75) is 71.3 Å². The molecule has 1 atom stereocenters. The van der Waals surface area contributed by atoms with Crippen LogP contribution in [0.25, 0.3) is 0 Å². The molecule has 4 bridgehead atoms. The highest BCUT2D eigenvalue weighted by atomic mass is 16.1. The summed E-state index contributed by atoms with van der Waals surface area (Å²) in [6.07, 6.45) is 10.0. The van der Waals surface area contributed by atoms with Gasteiger partial charge in [0.1, 0.15) is 0 Å². The van der Waals surface area contributed by atoms with Gasteiger partial charge >= 0.3 is 0 Å². The molecule has 1 unspecified atom stereocenters. The average Bonchev–Trinajstić information content (AvgIpc) is 2.33. The third-order valence-electron chi connectivity index (χ3n) is 6.04. The van der Waals surface area contributed by atoms with Crippen molar-refractivity contribution >= 4 is 5.91 Å². The Labute approximate surface area is 129 Å². The first-order chi connectivity index (χ1) is 9.94. The fraction of sp³-hybridized carbons (Fsp3) is 0.944. The first kappa shape index (κ1) is 15.3. The van der Waals surface area contributed by atoms with E-state index in [0.717, 1.165) is 30.6 Å². The molecule has 3 nitrogen and oxygen atoms in total. The van der Waals surface area contributed by atoms with Crippen LogP contribution in [0.5, 0.6) is 0 Å². The van der Waals surface area contributed by atoms with Crippen LogP contribution in [-0.2, 0) is 4.79 Å². The number of hydrogen-bond acceptors (Lipinski definition) is 2. The van der Waals surface area contributed by atoms with Gasteiger partial charge in [0, 0.05) is 19.0 Å². The number of carbonyl (C=O) groups excluding carboxylic acids is 1. The molecule has 1 amide bonds. The minimum Gasteiger partial charge on any atom is -0.355 e. The fourth-order valence-corrected chi connectivity index (χ4v) is 5.84. The van der Waals surface area contributed by atoms with Crippen molar-refractivity contribution in [2.75, 3.05) is 6.54 Å². The van der Waals surface area contributed by atoms with Crippen molar-refractivity contribution < 1.29 is 4.79 Å². The zero-order valence-electron chi connectivity index (χ0n) is 13.7. The van der Waals surface area contributed by atoms with Gasteiger partial charge in [0.05, 0.1) is 0 Å². The summed E-state index contributed by atoms with van der Waals surface area (Å²) in [6, 6.07) is 0.102. The summed E-state index contributed by atoms with van der Waals surface area (Å²) >= 11 is 0. The molecule has 4 aliphatic rings. The Morgan fingerprint density at radius 1 is 1.14 bits per heavy atom. The van der Waals surface area contributed by atoms with E-state index in [2.05, 4.69) is 19.2 Å². The molecule has 0 aromatic rings. The van der Waals surface area contributed by atoms with E-state index in [0.29, 0.717) is 17.9 Å². The lowest BCUT2D eigenvalue weighted by atomic mass is 9.49. The highest BCUT2D eigenvalue weighted by molar-refractivity contribution is 5.76. The molecule has 4 aliphatic carbocycles. The van der Waals surface area contributed by atoms with E-state index in [9.17, 15) is 4.79 Å². The molecule has 0 radical (unpaired) electrons. The molecule has 0 aliphatic heterocycles. The zero-order valence-corrected chi connectivity index (χ0v) is 13.7. The topological polar surface area (TPSA) is 55.1 Å². The normalized spacial score (nSPS) is 38.8. The van der Waals surface area contributed by atoms with Crippen molar-refractivity contribution in [3.8, 4) is 0 Å². The molecule has 0 heterocycles. The lowest BCUT2D eigenvalue weighted by Crippen LogP contribution is -2.48. The quantitative estimate of drug-likeness (QED) is 0.790. The Kier molecular flexibility index (Phi) is 4.31. The summed E-state index contributed by atoms with van der Waals surface area (Å²) in [5, 5.41) is 3.10. The molecule has 0 spiro atoms. The maximum atomic E-state index is 12.4. The number of hydrogen-bond donors (Lipinski definition) is 2. The highest BCUT2D eigenvalue weighted by Gasteiger charge is 2.51. The van der Waals surface area contributed by atoms with Crippen LogP contribution in [0.2, 0.25) is 0 Å². The second kappa shape index (κ2) is 5.91. The molecule has 120 valence electrons. The zero-order chi connectivity index (χ0) is 15.0. The third kappa shape index (κ3) is 3.61. The van der Waals surface area contributed by atoms with E-state index in [-0.39, 0.29) is 11.9 Å². The van der Waals surface area contributed by atoms with Gasteiger partial charge in [-0.15, -0.1) is 0 Å². The van der Waals surface area contributed by atoms with Gasteiger partial charge in [-0.2, -0.15) is 0 Å². The standard InChI is InChI=1S/C18H32N2O/c1-12(2)3-16(19)11-20-17(21)10-18-7-13-4-14(8-18)6-15(5-13)9-18/h12-16H,3-11,19H2,1-2H3,(H,20,21). The second-order valence-electron chi connectivity index (χ2n) is 8.79. The van der Waals surface area contributed by atoms with Gasteiger partial charge in [-0.25, -0.2) is 0 Å². The summed E-state index contributed by atoms with van der Waals surface area (Å²) in [5.74, 6) is 3.61. The smallest absolute Gasteiger partial charge is 0.220 e. The Bertz CT molecular complexity index is 355. The maximum absolute atomic E-state index is 12.4. The van der Waals surface area contributed by atoms with Crippen LogP contribution in [0.1, 0.15) is 65.2 Å². The molecule has 3 heteroatoms. The van der Waals surface area contributed by atoms with E-state index in [1.807, 2.05) is 0 Å². The molecule has 3 N–H and O–H groups in total. The van der Waals surface area contributed by atoms with Crippen LogP contribution in [0.15, 0.2) is 0 Å². The van der Waals surface area contributed by atoms with E-state index < -0.39 is 0 Å². The summed E-state index contributed by atoms with van der Waals surface area (Å²) in [6.45, 7) is 5.00. The summed E-state index contributed by atoms with van der Waals surface area (Å²) in [5.41, 5.74) is 6.42. The molecular formula is C18H32N2O. The van der Waals surface area contributed by atoms with Crippen LogP contribution in [0.4, 0.5) is 0 Å². The molecule has 0 saturated heterocycles. The SMILES string of the molecule is CC(C)CC(N)CNC(=O)CC12CC3CC(CC(C3)C1)C2. The van der Waals surface area contributed by atoms with Gasteiger partial charge < -0.3 is 11.1 Å². The van der Waals surface area contributed by atoms with Gasteiger partial charge in [0.2, 0.25) is 5.91 Å². The number of carbonyl (C=O) groups is 1. The van der Waals surface area contributed by atoms with E-state index >= 15 is 0 Å². The van der Waals surface area contributed by atoms with Gasteiger partial charge in [0.25, 0.3) is 0 Å². The number of rotatable bonds is 6. The molecule has 21 heavy (non-hydrogen) atoms. The molecule has 0 aromatic heterocycles. The third-order valence-corrected chi connectivity index (χ3v) is 6.04. The van der Waals surface area contributed by atoms with Gasteiger partial charge in [0.15, 0.2) is 0 Å². The van der Waals surface area contributed by atoms with E-state index in [1.54, 1.807) is 0 Å². The Morgan fingerprint density at radius 2 is 1.67 bits per heavy atom. The van der Waals surface area contributed by atoms with Crippen LogP contribution >= 0.6 is 0 Å². The largest absolute Gasteiger partial charge is 0.355 e. The van der Waals surface area contributed by atoms with Crippen LogP contribution in [0.3, 0.4) is 0 Å². The van der Waals surface area contributed by atoms with Crippen molar-refractivity contribution in [1.29, 1.82) is 0 Å². The second-order valence-corrected chi connectivity index (χ2v) is 8.79. The first-order valence-corrected chi connectivity index (χ1v) is 8.96. The van der Waals surface area contributed by atoms with Crippen molar-refractivity contribution in [3.05, 3.63) is 0 Å². The average molecular weight is 292 g/mol.